The van der Waals surface area contributed by atoms with Crippen LogP contribution in [0.3, 0.4) is 0 Å². The maximum Gasteiger partial charge on any atom is 0.191 e. The fourth-order valence-corrected chi connectivity index (χ4v) is 3.53. The summed E-state index contributed by atoms with van der Waals surface area (Å²) < 4.78 is 13.9. The Labute approximate surface area is 146 Å². The highest BCUT2D eigenvalue weighted by atomic mass is 32.1. The lowest BCUT2D eigenvalue weighted by molar-refractivity contribution is 0.607. The second-order valence-electron chi connectivity index (χ2n) is 5.99. The van der Waals surface area contributed by atoms with Crippen molar-refractivity contribution in [1.29, 1.82) is 0 Å². The van der Waals surface area contributed by atoms with Crippen LogP contribution in [0.5, 0.6) is 0 Å². The summed E-state index contributed by atoms with van der Waals surface area (Å²) in [5, 5.41) is 7.79. The third-order valence-corrected chi connectivity index (χ3v) is 5.00. The van der Waals surface area contributed by atoms with E-state index in [0.717, 1.165) is 35.9 Å². The van der Waals surface area contributed by atoms with Crippen molar-refractivity contribution in [2.45, 2.75) is 38.6 Å². The van der Waals surface area contributed by atoms with Crippen LogP contribution in [0.15, 0.2) is 35.5 Å². The molecule has 0 aliphatic heterocycles. The van der Waals surface area contributed by atoms with Crippen LogP contribution in [-0.2, 0) is 6.42 Å². The van der Waals surface area contributed by atoms with Gasteiger partial charge >= 0.3 is 0 Å². The average molecular weight is 346 g/mol. The summed E-state index contributed by atoms with van der Waals surface area (Å²) in [6.07, 6.45) is 3.68. The van der Waals surface area contributed by atoms with Crippen molar-refractivity contribution in [2.75, 3.05) is 13.1 Å². The zero-order valence-corrected chi connectivity index (χ0v) is 14.9. The number of halogens is 1. The van der Waals surface area contributed by atoms with E-state index in [1.165, 1.54) is 10.9 Å². The van der Waals surface area contributed by atoms with Crippen LogP contribution in [0.25, 0.3) is 0 Å². The molecule has 128 valence electrons. The Hall–Kier alpha value is -1.95. The number of hydrogen-bond donors (Lipinski definition) is 2. The standard InChI is InChI=1S/C18H23FN4S/c1-3-20-18(21-9-8-17-22-11-12(2)24-17)23-16-10-14(16)13-6-4-5-7-15(13)19/h4-7,11,14,16H,3,8-10H2,1-2H3,(H2,20,21,23). The van der Waals surface area contributed by atoms with Gasteiger partial charge in [-0.05, 0) is 31.9 Å². The number of aryl methyl sites for hydroxylation is 1. The Bertz CT molecular complexity index is 713. The molecule has 1 aromatic heterocycles. The minimum absolute atomic E-state index is 0.118. The van der Waals surface area contributed by atoms with Crippen LogP contribution in [0.4, 0.5) is 4.39 Å². The summed E-state index contributed by atoms with van der Waals surface area (Å²) in [6.45, 7) is 5.60. The largest absolute Gasteiger partial charge is 0.357 e. The first-order valence-electron chi connectivity index (χ1n) is 8.38. The number of benzene rings is 1. The zero-order valence-electron chi connectivity index (χ0n) is 14.1. The molecule has 4 nitrogen and oxygen atoms in total. The first-order valence-corrected chi connectivity index (χ1v) is 9.19. The van der Waals surface area contributed by atoms with E-state index >= 15 is 0 Å². The number of aromatic nitrogens is 1. The molecule has 1 aromatic carbocycles. The van der Waals surface area contributed by atoms with Crippen molar-refractivity contribution in [2.24, 2.45) is 4.99 Å². The van der Waals surface area contributed by atoms with Crippen molar-refractivity contribution in [1.82, 2.24) is 15.6 Å². The van der Waals surface area contributed by atoms with Gasteiger partial charge in [-0.25, -0.2) is 9.37 Å². The molecule has 6 heteroatoms. The van der Waals surface area contributed by atoms with Crippen LogP contribution >= 0.6 is 11.3 Å². The lowest BCUT2D eigenvalue weighted by Gasteiger charge is -2.11. The smallest absolute Gasteiger partial charge is 0.191 e. The Balaban J connectivity index is 1.55. The summed E-state index contributed by atoms with van der Waals surface area (Å²) in [6, 6.07) is 7.27. The van der Waals surface area contributed by atoms with Crippen LogP contribution in [0.1, 0.15) is 34.7 Å². The number of hydrogen-bond acceptors (Lipinski definition) is 3. The number of guanidine groups is 1. The van der Waals surface area contributed by atoms with E-state index in [1.807, 2.05) is 25.3 Å². The third kappa shape index (κ3) is 4.32. The Kier molecular flexibility index (Phi) is 5.45. The van der Waals surface area contributed by atoms with Crippen molar-refractivity contribution >= 4 is 17.3 Å². The molecule has 1 heterocycles. The molecule has 2 N–H and O–H groups in total. The van der Waals surface area contributed by atoms with E-state index in [2.05, 4.69) is 27.5 Å². The molecular weight excluding hydrogens is 323 g/mol. The summed E-state index contributed by atoms with van der Waals surface area (Å²) in [7, 11) is 0. The monoisotopic (exact) mass is 346 g/mol. The fraction of sp³-hybridized carbons (Fsp3) is 0.444. The van der Waals surface area contributed by atoms with Crippen LogP contribution in [-0.4, -0.2) is 30.1 Å². The van der Waals surface area contributed by atoms with Gasteiger partial charge in [-0.15, -0.1) is 11.3 Å². The lowest BCUT2D eigenvalue weighted by atomic mass is 10.1. The Morgan fingerprint density at radius 3 is 2.96 bits per heavy atom. The maximum absolute atomic E-state index is 13.9. The molecule has 3 rings (SSSR count). The van der Waals surface area contributed by atoms with Gasteiger partial charge in [0, 0.05) is 42.5 Å². The maximum atomic E-state index is 13.9. The Morgan fingerprint density at radius 2 is 2.25 bits per heavy atom. The quantitative estimate of drug-likeness (QED) is 0.624. The molecule has 24 heavy (non-hydrogen) atoms. The van der Waals surface area contributed by atoms with E-state index in [0.29, 0.717) is 6.54 Å². The lowest BCUT2D eigenvalue weighted by Crippen LogP contribution is -2.39. The third-order valence-electron chi connectivity index (χ3n) is 4.03. The van der Waals surface area contributed by atoms with E-state index < -0.39 is 0 Å². The summed E-state index contributed by atoms with van der Waals surface area (Å²) in [5.41, 5.74) is 0.795. The molecule has 1 aliphatic rings. The van der Waals surface area contributed by atoms with Crippen molar-refractivity contribution in [3.63, 3.8) is 0 Å². The molecule has 0 spiro atoms. The summed E-state index contributed by atoms with van der Waals surface area (Å²) in [4.78, 5) is 10.2. The van der Waals surface area contributed by atoms with Gasteiger partial charge in [0.05, 0.1) is 5.01 Å². The molecule has 0 radical (unpaired) electrons. The molecule has 2 unspecified atom stereocenters. The SMILES string of the molecule is CCNC(=NCCc1ncc(C)s1)NC1CC1c1ccccc1F. The molecule has 1 fully saturated rings. The number of aliphatic imine (C=N–C) groups is 1. The van der Waals surface area contributed by atoms with Crippen LogP contribution in [0, 0.1) is 12.7 Å². The van der Waals surface area contributed by atoms with Gasteiger partial charge in [0.1, 0.15) is 5.82 Å². The first kappa shape index (κ1) is 16.9. The number of rotatable bonds is 6. The average Bonchev–Trinajstić information content (AvgIpc) is 3.19. The highest BCUT2D eigenvalue weighted by Gasteiger charge is 2.40. The normalized spacial score (nSPS) is 20.0. The molecular formula is C18H23FN4S. The molecule has 1 aliphatic carbocycles. The van der Waals surface area contributed by atoms with E-state index in [9.17, 15) is 4.39 Å². The highest BCUT2D eigenvalue weighted by molar-refractivity contribution is 7.11. The molecule has 0 bridgehead atoms. The van der Waals surface area contributed by atoms with Crippen molar-refractivity contribution < 1.29 is 4.39 Å². The number of nitrogens with zero attached hydrogens (tertiary/aromatic N) is 2. The van der Waals surface area contributed by atoms with Crippen molar-refractivity contribution in [3.05, 3.63) is 51.7 Å². The van der Waals surface area contributed by atoms with Gasteiger partial charge in [-0.3, -0.25) is 4.99 Å². The van der Waals surface area contributed by atoms with E-state index in [4.69, 9.17) is 0 Å². The first-order chi connectivity index (χ1) is 11.7. The van der Waals surface area contributed by atoms with E-state index in [1.54, 1.807) is 17.4 Å². The number of nitrogens with one attached hydrogen (secondary N) is 2. The van der Waals surface area contributed by atoms with Crippen molar-refractivity contribution in [3.8, 4) is 0 Å². The minimum atomic E-state index is -0.118. The molecule has 0 amide bonds. The summed E-state index contributed by atoms with van der Waals surface area (Å²) >= 11 is 1.72. The van der Waals surface area contributed by atoms with Gasteiger partial charge in [-0.2, -0.15) is 0 Å². The van der Waals surface area contributed by atoms with E-state index in [-0.39, 0.29) is 17.8 Å². The fourth-order valence-electron chi connectivity index (χ4n) is 2.75. The number of thiazole rings is 1. The molecule has 2 atom stereocenters. The zero-order chi connectivity index (χ0) is 16.9. The highest BCUT2D eigenvalue weighted by Crippen LogP contribution is 2.41. The van der Waals surface area contributed by atoms with Gasteiger partial charge < -0.3 is 10.6 Å². The van der Waals surface area contributed by atoms with Crippen LogP contribution in [0.2, 0.25) is 0 Å². The minimum Gasteiger partial charge on any atom is -0.357 e. The molecule has 2 aromatic rings. The van der Waals surface area contributed by atoms with Gasteiger partial charge in [0.2, 0.25) is 0 Å². The molecule has 0 saturated heterocycles. The van der Waals surface area contributed by atoms with Gasteiger partial charge in [0.25, 0.3) is 0 Å². The van der Waals surface area contributed by atoms with Gasteiger partial charge in [0.15, 0.2) is 5.96 Å². The molecule has 1 saturated carbocycles. The van der Waals surface area contributed by atoms with Gasteiger partial charge in [-0.1, -0.05) is 18.2 Å². The predicted molar refractivity (Wildman–Crippen MR) is 97.2 cm³/mol. The summed E-state index contributed by atoms with van der Waals surface area (Å²) in [5.74, 6) is 0.916. The predicted octanol–water partition coefficient (Wildman–Crippen LogP) is 3.24. The van der Waals surface area contributed by atoms with Crippen LogP contribution < -0.4 is 10.6 Å². The topological polar surface area (TPSA) is 49.3 Å². The second-order valence-corrected chi connectivity index (χ2v) is 7.31. The second kappa shape index (κ2) is 7.75. The Morgan fingerprint density at radius 1 is 1.42 bits per heavy atom.